The molecule has 0 radical (unpaired) electrons. The van der Waals surface area contributed by atoms with Gasteiger partial charge in [0.15, 0.2) is 0 Å². The summed E-state index contributed by atoms with van der Waals surface area (Å²) in [5.74, 6) is 0. The van der Waals surface area contributed by atoms with Crippen LogP contribution in [0.3, 0.4) is 0 Å². The summed E-state index contributed by atoms with van der Waals surface area (Å²) in [5, 5.41) is 8.45. The van der Waals surface area contributed by atoms with Crippen molar-refractivity contribution in [3.63, 3.8) is 0 Å². The fourth-order valence-electron chi connectivity index (χ4n) is 1.67. The summed E-state index contributed by atoms with van der Waals surface area (Å²) in [7, 11) is 0. The van der Waals surface area contributed by atoms with E-state index in [0.29, 0.717) is 0 Å². The second kappa shape index (κ2) is 5.94. The highest BCUT2D eigenvalue weighted by atomic mass is 15.1. The third-order valence-corrected chi connectivity index (χ3v) is 2.49. The molecule has 0 atom stereocenters. The number of azo groups is 1. The molecule has 86 valence electrons. The summed E-state index contributed by atoms with van der Waals surface area (Å²) in [6.45, 7) is 2.18. The van der Waals surface area contributed by atoms with Crippen molar-refractivity contribution < 1.29 is 0 Å². The molecule has 0 saturated carbocycles. The Morgan fingerprint density at radius 2 is 1.53 bits per heavy atom. The van der Waals surface area contributed by atoms with E-state index in [9.17, 15) is 0 Å². The van der Waals surface area contributed by atoms with E-state index in [2.05, 4.69) is 29.3 Å². The lowest BCUT2D eigenvalue weighted by Gasteiger charge is -1.99. The average Bonchev–Trinajstić information content (AvgIpc) is 2.39. The molecule has 0 N–H and O–H groups in total. The van der Waals surface area contributed by atoms with Crippen LogP contribution in [0.5, 0.6) is 0 Å². The Balaban J connectivity index is 2.13. The molecule has 2 nitrogen and oxygen atoms in total. The molecular weight excluding hydrogens is 208 g/mol. The van der Waals surface area contributed by atoms with E-state index in [1.54, 1.807) is 0 Å². The molecule has 0 heterocycles. The van der Waals surface area contributed by atoms with Gasteiger partial charge in [-0.1, -0.05) is 43.7 Å². The van der Waals surface area contributed by atoms with Gasteiger partial charge in [-0.3, -0.25) is 0 Å². The first-order chi connectivity index (χ1) is 8.38. The Hall–Kier alpha value is -1.96. The minimum absolute atomic E-state index is 0.883. The van der Waals surface area contributed by atoms with Crippen LogP contribution in [0.15, 0.2) is 64.8 Å². The van der Waals surface area contributed by atoms with E-state index in [0.717, 1.165) is 24.2 Å². The van der Waals surface area contributed by atoms with Crippen molar-refractivity contribution in [2.45, 2.75) is 19.8 Å². The second-order valence-corrected chi connectivity index (χ2v) is 3.96. The van der Waals surface area contributed by atoms with Gasteiger partial charge in [0, 0.05) is 0 Å². The van der Waals surface area contributed by atoms with Crippen LogP contribution in [0.4, 0.5) is 11.4 Å². The number of aryl methyl sites for hydroxylation is 1. The number of rotatable bonds is 4. The van der Waals surface area contributed by atoms with Crippen LogP contribution in [0.25, 0.3) is 0 Å². The zero-order valence-electron chi connectivity index (χ0n) is 10.0. The van der Waals surface area contributed by atoms with Crippen LogP contribution in [-0.4, -0.2) is 0 Å². The van der Waals surface area contributed by atoms with Crippen LogP contribution >= 0.6 is 0 Å². The highest BCUT2D eigenvalue weighted by molar-refractivity contribution is 5.41. The number of hydrogen-bond acceptors (Lipinski definition) is 2. The van der Waals surface area contributed by atoms with E-state index in [-0.39, 0.29) is 0 Å². The minimum Gasteiger partial charge on any atom is -0.151 e. The van der Waals surface area contributed by atoms with E-state index in [1.807, 2.05) is 42.5 Å². The molecule has 2 aromatic rings. The van der Waals surface area contributed by atoms with E-state index >= 15 is 0 Å². The molecule has 0 aliphatic rings. The molecule has 2 aromatic carbocycles. The van der Waals surface area contributed by atoms with E-state index in [1.165, 1.54) is 5.56 Å². The maximum Gasteiger partial charge on any atom is 0.0859 e. The van der Waals surface area contributed by atoms with Crippen molar-refractivity contribution in [2.75, 3.05) is 0 Å². The lowest BCUT2D eigenvalue weighted by molar-refractivity contribution is 0.921. The Bertz CT molecular complexity index is 489. The first-order valence-corrected chi connectivity index (χ1v) is 5.94. The molecule has 0 unspecified atom stereocenters. The maximum atomic E-state index is 4.24. The van der Waals surface area contributed by atoms with Gasteiger partial charge in [-0.05, 0) is 36.2 Å². The Labute approximate surface area is 102 Å². The maximum absolute atomic E-state index is 4.24. The standard InChI is InChI=1S/C15H16N2/c1-2-7-13-8-6-11-15(12-13)17-16-14-9-4-3-5-10-14/h3-6,8-12H,2,7H2,1H3/b17-16+. The quantitative estimate of drug-likeness (QED) is 0.649. The van der Waals surface area contributed by atoms with E-state index in [4.69, 9.17) is 0 Å². The van der Waals surface area contributed by atoms with Crippen LogP contribution in [-0.2, 0) is 6.42 Å². The summed E-state index contributed by atoms with van der Waals surface area (Å²) < 4.78 is 0. The highest BCUT2D eigenvalue weighted by Crippen LogP contribution is 2.19. The molecular formula is C15H16N2. The lowest BCUT2D eigenvalue weighted by Crippen LogP contribution is -1.80. The first-order valence-electron chi connectivity index (χ1n) is 5.94. The van der Waals surface area contributed by atoms with E-state index < -0.39 is 0 Å². The predicted molar refractivity (Wildman–Crippen MR) is 71.1 cm³/mol. The summed E-state index contributed by atoms with van der Waals surface area (Å²) in [5.41, 5.74) is 3.12. The second-order valence-electron chi connectivity index (χ2n) is 3.96. The Kier molecular flexibility index (Phi) is 4.03. The van der Waals surface area contributed by atoms with Crippen LogP contribution < -0.4 is 0 Å². The minimum atomic E-state index is 0.883. The van der Waals surface area contributed by atoms with Crippen molar-refractivity contribution >= 4 is 11.4 Å². The largest absolute Gasteiger partial charge is 0.151 e. The van der Waals surface area contributed by atoms with Gasteiger partial charge in [-0.15, -0.1) is 0 Å². The lowest BCUT2D eigenvalue weighted by atomic mass is 10.1. The number of benzene rings is 2. The van der Waals surface area contributed by atoms with Gasteiger partial charge < -0.3 is 0 Å². The normalized spacial score (nSPS) is 10.9. The summed E-state index contributed by atoms with van der Waals surface area (Å²) in [6.07, 6.45) is 2.24. The van der Waals surface area contributed by atoms with Crippen molar-refractivity contribution in [1.29, 1.82) is 0 Å². The molecule has 0 fully saturated rings. The van der Waals surface area contributed by atoms with Crippen LogP contribution in [0.1, 0.15) is 18.9 Å². The van der Waals surface area contributed by atoms with Crippen molar-refractivity contribution in [2.24, 2.45) is 10.2 Å². The average molecular weight is 224 g/mol. The fraction of sp³-hybridized carbons (Fsp3) is 0.200. The van der Waals surface area contributed by atoms with Gasteiger partial charge in [-0.2, -0.15) is 10.2 Å². The molecule has 0 spiro atoms. The topological polar surface area (TPSA) is 24.7 Å². The SMILES string of the molecule is CCCc1cccc(/N=N/c2ccccc2)c1. The molecule has 0 bridgehead atoms. The zero-order chi connectivity index (χ0) is 11.9. The molecule has 0 aromatic heterocycles. The van der Waals surface area contributed by atoms with Crippen molar-refractivity contribution in [3.8, 4) is 0 Å². The van der Waals surface area contributed by atoms with Gasteiger partial charge in [-0.25, -0.2) is 0 Å². The molecule has 0 saturated heterocycles. The Morgan fingerprint density at radius 1 is 0.824 bits per heavy atom. The molecule has 0 aliphatic heterocycles. The molecule has 2 rings (SSSR count). The van der Waals surface area contributed by atoms with Gasteiger partial charge in [0.05, 0.1) is 11.4 Å². The first kappa shape index (κ1) is 11.5. The Morgan fingerprint density at radius 3 is 2.29 bits per heavy atom. The van der Waals surface area contributed by atoms with Gasteiger partial charge >= 0.3 is 0 Å². The third kappa shape index (κ3) is 3.52. The van der Waals surface area contributed by atoms with Crippen molar-refractivity contribution in [1.82, 2.24) is 0 Å². The zero-order valence-corrected chi connectivity index (χ0v) is 10.0. The number of hydrogen-bond donors (Lipinski definition) is 0. The van der Waals surface area contributed by atoms with Crippen LogP contribution in [0.2, 0.25) is 0 Å². The molecule has 0 aliphatic carbocycles. The summed E-state index contributed by atoms with van der Waals surface area (Å²) in [4.78, 5) is 0. The third-order valence-electron chi connectivity index (χ3n) is 2.49. The van der Waals surface area contributed by atoms with Gasteiger partial charge in [0.25, 0.3) is 0 Å². The van der Waals surface area contributed by atoms with Gasteiger partial charge in [0.2, 0.25) is 0 Å². The molecule has 0 amide bonds. The van der Waals surface area contributed by atoms with Gasteiger partial charge in [0.1, 0.15) is 0 Å². The summed E-state index contributed by atoms with van der Waals surface area (Å²) >= 11 is 0. The monoisotopic (exact) mass is 224 g/mol. The molecule has 2 heteroatoms. The van der Waals surface area contributed by atoms with Crippen LogP contribution in [0, 0.1) is 0 Å². The van der Waals surface area contributed by atoms with Crippen molar-refractivity contribution in [3.05, 3.63) is 60.2 Å². The smallest absolute Gasteiger partial charge is 0.0859 e. The predicted octanol–water partition coefficient (Wildman–Crippen LogP) is 5.05. The molecule has 17 heavy (non-hydrogen) atoms. The number of nitrogens with zero attached hydrogens (tertiary/aromatic N) is 2. The fourth-order valence-corrected chi connectivity index (χ4v) is 1.67. The summed E-state index contributed by atoms with van der Waals surface area (Å²) in [6, 6.07) is 18.0. The highest BCUT2D eigenvalue weighted by Gasteiger charge is 1.94.